The zero-order chi connectivity index (χ0) is 13.1. The van der Waals surface area contributed by atoms with Gasteiger partial charge in [-0.2, -0.15) is 0 Å². The summed E-state index contributed by atoms with van der Waals surface area (Å²) in [6, 6.07) is 6.33. The predicted molar refractivity (Wildman–Crippen MR) is 78.2 cm³/mol. The minimum absolute atomic E-state index is 0.136. The summed E-state index contributed by atoms with van der Waals surface area (Å²) in [5.41, 5.74) is 6.95. The highest BCUT2D eigenvalue weighted by Gasteiger charge is 2.24. The Morgan fingerprint density at radius 2 is 1.94 bits per heavy atom. The van der Waals surface area contributed by atoms with E-state index >= 15 is 0 Å². The monoisotopic (exact) mass is 286 g/mol. The van der Waals surface area contributed by atoms with Crippen molar-refractivity contribution in [1.82, 2.24) is 5.32 Å². The van der Waals surface area contributed by atoms with Crippen molar-refractivity contribution in [2.24, 2.45) is 11.7 Å². The van der Waals surface area contributed by atoms with Gasteiger partial charge in [0.15, 0.2) is 0 Å². The normalized spacial score (nSPS) is 25.3. The fourth-order valence-corrected chi connectivity index (χ4v) is 3.26. The van der Waals surface area contributed by atoms with Gasteiger partial charge in [-0.15, -0.1) is 0 Å². The molecule has 0 amide bonds. The summed E-state index contributed by atoms with van der Waals surface area (Å²) in [6.45, 7) is 2.86. The Balaban J connectivity index is 2.07. The first-order valence-electron chi connectivity index (χ1n) is 6.50. The molecule has 18 heavy (non-hydrogen) atoms. The van der Waals surface area contributed by atoms with Gasteiger partial charge in [0.2, 0.25) is 0 Å². The van der Waals surface area contributed by atoms with Gasteiger partial charge in [0, 0.05) is 28.7 Å². The molecule has 0 aliphatic heterocycles. The standard InChI is InChI=1S/C14H20Cl2N2/c1-9-2-3-13(4-9)18-14(8-17)10-5-11(15)7-12(16)6-10/h5-7,9,13-14,18H,2-4,8,17H2,1H3. The minimum atomic E-state index is 0.136. The van der Waals surface area contributed by atoms with Gasteiger partial charge in [0.25, 0.3) is 0 Å². The van der Waals surface area contributed by atoms with Crippen molar-refractivity contribution in [1.29, 1.82) is 0 Å². The third-order valence-electron chi connectivity index (χ3n) is 3.65. The number of rotatable bonds is 4. The van der Waals surface area contributed by atoms with Crippen LogP contribution < -0.4 is 11.1 Å². The van der Waals surface area contributed by atoms with Gasteiger partial charge in [-0.3, -0.25) is 0 Å². The molecule has 4 heteroatoms. The molecule has 1 aliphatic carbocycles. The number of hydrogen-bond acceptors (Lipinski definition) is 2. The van der Waals surface area contributed by atoms with Crippen LogP contribution in [0.5, 0.6) is 0 Å². The van der Waals surface area contributed by atoms with E-state index in [1.807, 2.05) is 12.1 Å². The summed E-state index contributed by atoms with van der Waals surface area (Å²) >= 11 is 12.1. The van der Waals surface area contributed by atoms with Gasteiger partial charge in [-0.25, -0.2) is 0 Å². The molecule has 3 N–H and O–H groups in total. The van der Waals surface area contributed by atoms with E-state index in [4.69, 9.17) is 28.9 Å². The quantitative estimate of drug-likeness (QED) is 0.884. The maximum atomic E-state index is 6.04. The molecule has 0 radical (unpaired) electrons. The maximum Gasteiger partial charge on any atom is 0.0447 e. The van der Waals surface area contributed by atoms with E-state index in [2.05, 4.69) is 12.2 Å². The zero-order valence-electron chi connectivity index (χ0n) is 10.6. The molecule has 2 rings (SSSR count). The van der Waals surface area contributed by atoms with Gasteiger partial charge in [-0.05, 0) is 48.9 Å². The summed E-state index contributed by atoms with van der Waals surface area (Å²) < 4.78 is 0. The fraction of sp³-hybridized carbons (Fsp3) is 0.571. The van der Waals surface area contributed by atoms with Gasteiger partial charge >= 0.3 is 0 Å². The molecule has 1 aliphatic rings. The molecular weight excluding hydrogens is 267 g/mol. The van der Waals surface area contributed by atoms with Crippen molar-refractivity contribution < 1.29 is 0 Å². The van der Waals surface area contributed by atoms with E-state index in [0.29, 0.717) is 22.6 Å². The van der Waals surface area contributed by atoms with Gasteiger partial charge < -0.3 is 11.1 Å². The Labute approximate surface area is 119 Å². The van der Waals surface area contributed by atoms with Crippen LogP contribution in [-0.2, 0) is 0 Å². The van der Waals surface area contributed by atoms with Crippen LogP contribution in [0.1, 0.15) is 37.8 Å². The van der Waals surface area contributed by atoms with E-state index in [-0.39, 0.29) is 6.04 Å². The second-order valence-corrected chi connectivity index (χ2v) is 6.15. The summed E-state index contributed by atoms with van der Waals surface area (Å²) in [4.78, 5) is 0. The molecule has 3 atom stereocenters. The first-order chi connectivity index (χ1) is 8.58. The fourth-order valence-electron chi connectivity index (χ4n) is 2.72. The molecule has 0 bridgehead atoms. The number of nitrogens with one attached hydrogen (secondary N) is 1. The van der Waals surface area contributed by atoms with E-state index in [9.17, 15) is 0 Å². The molecule has 2 nitrogen and oxygen atoms in total. The molecule has 0 aromatic heterocycles. The maximum absolute atomic E-state index is 6.04. The number of hydrogen-bond donors (Lipinski definition) is 2. The molecule has 1 aromatic rings. The zero-order valence-corrected chi connectivity index (χ0v) is 12.1. The molecular formula is C14H20Cl2N2. The van der Waals surface area contributed by atoms with Crippen LogP contribution in [0.15, 0.2) is 18.2 Å². The van der Waals surface area contributed by atoms with Crippen LogP contribution >= 0.6 is 23.2 Å². The van der Waals surface area contributed by atoms with Crippen molar-refractivity contribution in [3.8, 4) is 0 Å². The summed E-state index contributed by atoms with van der Waals surface area (Å²) in [7, 11) is 0. The third kappa shape index (κ3) is 3.61. The van der Waals surface area contributed by atoms with Crippen molar-refractivity contribution in [2.75, 3.05) is 6.54 Å². The Hall–Kier alpha value is -0.280. The van der Waals surface area contributed by atoms with Crippen LogP contribution in [0.4, 0.5) is 0 Å². The minimum Gasteiger partial charge on any atom is -0.329 e. The first kappa shape index (κ1) is 14.1. The van der Waals surface area contributed by atoms with E-state index in [0.717, 1.165) is 11.5 Å². The van der Waals surface area contributed by atoms with E-state index in [1.54, 1.807) is 6.07 Å². The molecule has 3 unspecified atom stereocenters. The van der Waals surface area contributed by atoms with Crippen molar-refractivity contribution in [2.45, 2.75) is 38.3 Å². The van der Waals surface area contributed by atoms with E-state index < -0.39 is 0 Å². The molecule has 1 saturated carbocycles. The van der Waals surface area contributed by atoms with Crippen LogP contribution in [0.25, 0.3) is 0 Å². The lowest BCUT2D eigenvalue weighted by molar-refractivity contribution is 0.434. The van der Waals surface area contributed by atoms with Crippen molar-refractivity contribution >= 4 is 23.2 Å². The molecule has 1 aromatic carbocycles. The molecule has 0 saturated heterocycles. The molecule has 100 valence electrons. The Bertz CT molecular complexity index is 389. The van der Waals surface area contributed by atoms with Gasteiger partial charge in [0.05, 0.1) is 0 Å². The van der Waals surface area contributed by atoms with E-state index in [1.165, 1.54) is 19.3 Å². The highest BCUT2D eigenvalue weighted by molar-refractivity contribution is 6.34. The van der Waals surface area contributed by atoms with Gasteiger partial charge in [-0.1, -0.05) is 30.1 Å². The second kappa shape index (κ2) is 6.25. The number of benzene rings is 1. The lowest BCUT2D eigenvalue weighted by atomic mass is 10.0. The molecule has 1 fully saturated rings. The Morgan fingerprint density at radius 3 is 2.44 bits per heavy atom. The highest BCUT2D eigenvalue weighted by atomic mass is 35.5. The first-order valence-corrected chi connectivity index (χ1v) is 7.26. The predicted octanol–water partition coefficient (Wildman–Crippen LogP) is 3.77. The molecule has 0 heterocycles. The molecule has 0 spiro atoms. The summed E-state index contributed by atoms with van der Waals surface area (Å²) in [5, 5.41) is 4.95. The average molecular weight is 287 g/mol. The van der Waals surface area contributed by atoms with Crippen molar-refractivity contribution in [3.05, 3.63) is 33.8 Å². The largest absolute Gasteiger partial charge is 0.329 e. The summed E-state index contributed by atoms with van der Waals surface area (Å²) in [5.74, 6) is 0.809. The lowest BCUT2D eigenvalue weighted by Gasteiger charge is -2.22. The Morgan fingerprint density at radius 1 is 1.28 bits per heavy atom. The van der Waals surface area contributed by atoms with Crippen LogP contribution in [-0.4, -0.2) is 12.6 Å². The second-order valence-electron chi connectivity index (χ2n) is 5.27. The third-order valence-corrected chi connectivity index (χ3v) is 4.09. The van der Waals surface area contributed by atoms with Crippen LogP contribution in [0.2, 0.25) is 10.0 Å². The van der Waals surface area contributed by atoms with Crippen LogP contribution in [0, 0.1) is 5.92 Å². The average Bonchev–Trinajstić information content (AvgIpc) is 2.70. The number of nitrogens with two attached hydrogens (primary N) is 1. The SMILES string of the molecule is CC1CCC(NC(CN)c2cc(Cl)cc(Cl)c2)C1. The topological polar surface area (TPSA) is 38.0 Å². The highest BCUT2D eigenvalue weighted by Crippen LogP contribution is 2.28. The Kier molecular flexibility index (Phi) is 4.91. The van der Waals surface area contributed by atoms with Gasteiger partial charge in [0.1, 0.15) is 0 Å². The lowest BCUT2D eigenvalue weighted by Crippen LogP contribution is -2.35. The van der Waals surface area contributed by atoms with Crippen molar-refractivity contribution in [3.63, 3.8) is 0 Å². The smallest absolute Gasteiger partial charge is 0.0447 e. The van der Waals surface area contributed by atoms with Crippen LogP contribution in [0.3, 0.4) is 0 Å². The number of halogens is 2. The summed E-state index contributed by atoms with van der Waals surface area (Å²) in [6.07, 6.45) is 3.75.